The number of hydrogen-bond acceptors (Lipinski definition) is 5. The molecule has 0 aromatic rings. The molecule has 1 unspecified atom stereocenters. The number of primary amides is 1. The molecular weight excluding hydrogens is 214 g/mol. The molecular formula is C9H19N3O4. The second kappa shape index (κ2) is 9.08. The van der Waals surface area contributed by atoms with E-state index in [1.54, 1.807) is 7.11 Å². The lowest BCUT2D eigenvalue weighted by Crippen LogP contribution is -2.42. The topological polar surface area (TPSA) is 114 Å². The van der Waals surface area contributed by atoms with E-state index in [-0.39, 0.29) is 19.0 Å². The lowest BCUT2D eigenvalue weighted by Gasteiger charge is -2.08. The van der Waals surface area contributed by atoms with E-state index in [2.05, 4.69) is 10.6 Å². The van der Waals surface area contributed by atoms with Gasteiger partial charge in [-0.2, -0.15) is 0 Å². The van der Waals surface area contributed by atoms with Gasteiger partial charge < -0.3 is 26.2 Å². The van der Waals surface area contributed by atoms with Crippen LogP contribution in [-0.4, -0.2) is 56.4 Å². The summed E-state index contributed by atoms with van der Waals surface area (Å²) in [6.45, 7) is 1.14. The summed E-state index contributed by atoms with van der Waals surface area (Å²) in [5.74, 6) is -1.01. The fourth-order valence-corrected chi connectivity index (χ4v) is 0.930. The van der Waals surface area contributed by atoms with Crippen LogP contribution in [0.4, 0.5) is 0 Å². The maximum Gasteiger partial charge on any atom is 0.247 e. The molecule has 0 rings (SSSR count). The summed E-state index contributed by atoms with van der Waals surface area (Å²) in [7, 11) is 1.59. The summed E-state index contributed by atoms with van der Waals surface area (Å²) >= 11 is 0. The van der Waals surface area contributed by atoms with Crippen molar-refractivity contribution in [2.45, 2.75) is 12.5 Å². The first-order chi connectivity index (χ1) is 7.57. The molecule has 0 radical (unpaired) electrons. The molecule has 0 heterocycles. The molecule has 0 aromatic heterocycles. The first-order valence-electron chi connectivity index (χ1n) is 5.01. The van der Waals surface area contributed by atoms with E-state index in [0.29, 0.717) is 13.2 Å². The third kappa shape index (κ3) is 8.16. The number of nitrogens with two attached hydrogens (primary N) is 1. The number of aliphatic hydroxyl groups excluding tert-OH is 1. The fourth-order valence-electron chi connectivity index (χ4n) is 0.930. The predicted molar refractivity (Wildman–Crippen MR) is 57.6 cm³/mol. The van der Waals surface area contributed by atoms with Crippen LogP contribution in [0, 0.1) is 0 Å². The van der Waals surface area contributed by atoms with Gasteiger partial charge in [0.2, 0.25) is 11.8 Å². The summed E-state index contributed by atoms with van der Waals surface area (Å²) < 4.78 is 4.81. The Hall–Kier alpha value is -1.18. The molecule has 0 saturated heterocycles. The van der Waals surface area contributed by atoms with Crippen molar-refractivity contribution >= 4 is 11.8 Å². The van der Waals surface area contributed by atoms with Gasteiger partial charge in [-0.05, 0) is 6.42 Å². The van der Waals surface area contributed by atoms with Crippen molar-refractivity contribution in [2.24, 2.45) is 5.73 Å². The van der Waals surface area contributed by atoms with Gasteiger partial charge in [0.1, 0.15) is 6.10 Å². The minimum absolute atomic E-state index is 0.0270. The normalized spacial score (nSPS) is 12.1. The molecule has 1 atom stereocenters. The number of carbonyl (C=O) groups is 2. The van der Waals surface area contributed by atoms with E-state index < -0.39 is 12.0 Å². The number of carbonyl (C=O) groups excluding carboxylic acids is 2. The van der Waals surface area contributed by atoms with Gasteiger partial charge >= 0.3 is 0 Å². The lowest BCUT2D eigenvalue weighted by molar-refractivity contribution is -0.126. The van der Waals surface area contributed by atoms with E-state index in [1.807, 2.05) is 0 Å². The highest BCUT2D eigenvalue weighted by atomic mass is 16.5. The second-order valence-corrected chi connectivity index (χ2v) is 3.25. The van der Waals surface area contributed by atoms with Crippen molar-refractivity contribution in [3.8, 4) is 0 Å². The van der Waals surface area contributed by atoms with Crippen molar-refractivity contribution in [2.75, 3.05) is 33.4 Å². The number of amides is 2. The summed E-state index contributed by atoms with van der Waals surface area (Å²) in [5, 5.41) is 14.3. The van der Waals surface area contributed by atoms with E-state index in [1.165, 1.54) is 0 Å². The second-order valence-electron chi connectivity index (χ2n) is 3.25. The maximum absolute atomic E-state index is 11.1. The van der Waals surface area contributed by atoms with E-state index in [4.69, 9.17) is 15.6 Å². The van der Waals surface area contributed by atoms with Gasteiger partial charge in [0.05, 0.1) is 6.54 Å². The zero-order chi connectivity index (χ0) is 12.4. The van der Waals surface area contributed by atoms with Gasteiger partial charge in [0.25, 0.3) is 0 Å². The van der Waals surface area contributed by atoms with E-state index in [0.717, 1.165) is 6.42 Å². The van der Waals surface area contributed by atoms with Crippen LogP contribution in [0.5, 0.6) is 0 Å². The van der Waals surface area contributed by atoms with Crippen molar-refractivity contribution in [3.63, 3.8) is 0 Å². The molecule has 0 aliphatic carbocycles. The molecule has 0 aromatic carbocycles. The average Bonchev–Trinajstić information content (AvgIpc) is 2.24. The van der Waals surface area contributed by atoms with Crippen LogP contribution >= 0.6 is 0 Å². The predicted octanol–water partition coefficient (Wildman–Crippen LogP) is -2.43. The monoisotopic (exact) mass is 233 g/mol. The van der Waals surface area contributed by atoms with Crippen molar-refractivity contribution in [1.82, 2.24) is 10.6 Å². The summed E-state index contributed by atoms with van der Waals surface area (Å²) in [6, 6.07) is 0. The molecule has 0 aliphatic rings. The molecule has 0 bridgehead atoms. The Balaban J connectivity index is 3.40. The molecule has 0 fully saturated rings. The van der Waals surface area contributed by atoms with Crippen LogP contribution in [0.2, 0.25) is 0 Å². The highest BCUT2D eigenvalue weighted by Crippen LogP contribution is 1.79. The molecule has 2 amide bonds. The Morgan fingerprint density at radius 2 is 2.19 bits per heavy atom. The van der Waals surface area contributed by atoms with Crippen molar-refractivity contribution in [3.05, 3.63) is 0 Å². The van der Waals surface area contributed by atoms with Crippen molar-refractivity contribution in [1.29, 1.82) is 0 Å². The SMILES string of the molecule is COCCCNC(=O)CNCC(O)C(N)=O. The van der Waals surface area contributed by atoms with Crippen molar-refractivity contribution < 1.29 is 19.4 Å². The zero-order valence-corrected chi connectivity index (χ0v) is 9.36. The summed E-state index contributed by atoms with van der Waals surface area (Å²) in [4.78, 5) is 21.6. The average molecular weight is 233 g/mol. The quantitative estimate of drug-likeness (QED) is 0.331. The van der Waals surface area contributed by atoms with Gasteiger partial charge in [-0.3, -0.25) is 9.59 Å². The molecule has 16 heavy (non-hydrogen) atoms. The molecule has 5 N–H and O–H groups in total. The van der Waals surface area contributed by atoms with Gasteiger partial charge in [0, 0.05) is 26.8 Å². The Kier molecular flexibility index (Phi) is 8.41. The molecule has 7 nitrogen and oxygen atoms in total. The standard InChI is InChI=1S/C9H19N3O4/c1-16-4-2-3-12-8(14)6-11-5-7(13)9(10)15/h7,11,13H,2-6H2,1H3,(H2,10,15)(H,12,14). The van der Waals surface area contributed by atoms with E-state index >= 15 is 0 Å². The summed E-state index contributed by atoms with van der Waals surface area (Å²) in [6.07, 6.45) is -0.520. The Morgan fingerprint density at radius 1 is 1.50 bits per heavy atom. The highest BCUT2D eigenvalue weighted by Gasteiger charge is 2.10. The Bertz CT molecular complexity index is 223. The molecule has 7 heteroatoms. The third-order valence-corrected chi connectivity index (χ3v) is 1.80. The van der Waals surface area contributed by atoms with Crippen LogP contribution in [0.15, 0.2) is 0 Å². The van der Waals surface area contributed by atoms with Crippen LogP contribution in [-0.2, 0) is 14.3 Å². The van der Waals surface area contributed by atoms with Gasteiger partial charge in [-0.25, -0.2) is 0 Å². The van der Waals surface area contributed by atoms with Crippen LogP contribution in [0.1, 0.15) is 6.42 Å². The third-order valence-electron chi connectivity index (χ3n) is 1.80. The number of aliphatic hydroxyl groups is 1. The molecule has 0 saturated carbocycles. The minimum atomic E-state index is -1.26. The van der Waals surface area contributed by atoms with Gasteiger partial charge in [0.15, 0.2) is 0 Å². The number of methoxy groups -OCH3 is 1. The first kappa shape index (κ1) is 14.8. The molecule has 0 aliphatic heterocycles. The number of rotatable bonds is 9. The highest BCUT2D eigenvalue weighted by molar-refractivity contribution is 5.79. The van der Waals surface area contributed by atoms with Crippen LogP contribution < -0.4 is 16.4 Å². The zero-order valence-electron chi connectivity index (χ0n) is 9.36. The number of ether oxygens (including phenoxy) is 1. The fraction of sp³-hybridized carbons (Fsp3) is 0.778. The number of hydrogen-bond donors (Lipinski definition) is 4. The van der Waals surface area contributed by atoms with Crippen LogP contribution in [0.3, 0.4) is 0 Å². The van der Waals surface area contributed by atoms with E-state index in [9.17, 15) is 9.59 Å². The maximum atomic E-state index is 11.1. The Labute approximate surface area is 94.3 Å². The lowest BCUT2D eigenvalue weighted by atomic mass is 10.3. The number of nitrogens with one attached hydrogen (secondary N) is 2. The van der Waals surface area contributed by atoms with Crippen LogP contribution in [0.25, 0.3) is 0 Å². The van der Waals surface area contributed by atoms with Gasteiger partial charge in [-0.1, -0.05) is 0 Å². The molecule has 94 valence electrons. The molecule has 0 spiro atoms. The minimum Gasteiger partial charge on any atom is -0.385 e. The largest absolute Gasteiger partial charge is 0.385 e. The Morgan fingerprint density at radius 3 is 2.75 bits per heavy atom. The first-order valence-corrected chi connectivity index (χ1v) is 5.01. The summed E-state index contributed by atoms with van der Waals surface area (Å²) in [5.41, 5.74) is 4.82. The van der Waals surface area contributed by atoms with Gasteiger partial charge in [-0.15, -0.1) is 0 Å². The smallest absolute Gasteiger partial charge is 0.247 e.